The second kappa shape index (κ2) is 18.0. The van der Waals surface area contributed by atoms with Crippen molar-refractivity contribution in [3.63, 3.8) is 0 Å². The van der Waals surface area contributed by atoms with Crippen molar-refractivity contribution in [2.45, 2.75) is 87.7 Å². The molecule has 0 bridgehead atoms. The average Bonchev–Trinajstić information content (AvgIpc) is 2.75. The van der Waals surface area contributed by atoms with Crippen LogP contribution in [0.25, 0.3) is 0 Å². The van der Waals surface area contributed by atoms with Crippen molar-refractivity contribution in [2.75, 3.05) is 13.2 Å². The van der Waals surface area contributed by atoms with Crippen LogP contribution in [0.5, 0.6) is 0 Å². The van der Waals surface area contributed by atoms with E-state index in [9.17, 15) is 50.0 Å². The topological polar surface area (TPSA) is 94.1 Å². The molecule has 0 aromatic heterocycles. The Morgan fingerprint density at radius 2 is 1.49 bits per heavy atom. The van der Waals surface area contributed by atoms with Crippen molar-refractivity contribution in [3.05, 3.63) is 0 Å². The van der Waals surface area contributed by atoms with Gasteiger partial charge in [0.05, 0.1) is 26.1 Å². The predicted molar refractivity (Wildman–Crippen MR) is 98.9 cm³/mol. The third kappa shape index (κ3) is 12.6. The van der Waals surface area contributed by atoms with Crippen molar-refractivity contribution in [1.82, 2.24) is 0 Å². The van der Waals surface area contributed by atoms with E-state index in [0.717, 1.165) is 32.1 Å². The SMILES string of the molecule is CCCCCCCCOC(=O)C(CC(=O)OCCC(F)(F)C(F)(F)C(F)(F)C(F)F)SOO[O-].[Na+]. The summed E-state index contributed by atoms with van der Waals surface area (Å²) in [5, 5.41) is 11.4. The summed E-state index contributed by atoms with van der Waals surface area (Å²) in [7, 11) is 0. The summed E-state index contributed by atoms with van der Waals surface area (Å²) >= 11 is 0.0219. The number of esters is 2. The van der Waals surface area contributed by atoms with E-state index in [-0.39, 0.29) is 48.2 Å². The Morgan fingerprint density at radius 1 is 0.914 bits per heavy atom. The monoisotopic (exact) mass is 560 g/mol. The van der Waals surface area contributed by atoms with Crippen LogP contribution in [-0.2, 0) is 28.4 Å². The van der Waals surface area contributed by atoms with Gasteiger partial charge in [-0.2, -0.15) is 30.7 Å². The van der Waals surface area contributed by atoms with Crippen LogP contribution in [0.2, 0.25) is 0 Å². The molecule has 0 radical (unpaired) electrons. The minimum Gasteiger partial charge on any atom is -0.691 e. The predicted octanol–water partition coefficient (Wildman–Crippen LogP) is 1.63. The van der Waals surface area contributed by atoms with Crippen LogP contribution in [0.4, 0.5) is 35.1 Å². The fourth-order valence-electron chi connectivity index (χ4n) is 2.41. The van der Waals surface area contributed by atoms with E-state index >= 15 is 0 Å². The van der Waals surface area contributed by atoms with Gasteiger partial charge in [0.15, 0.2) is 0 Å². The molecule has 0 aliphatic rings. The van der Waals surface area contributed by atoms with Crippen molar-refractivity contribution in [2.24, 2.45) is 0 Å². The van der Waals surface area contributed by atoms with Crippen molar-refractivity contribution < 1.29 is 98.4 Å². The standard InChI is InChI=1S/C18H26F8O7S.Na/c1-2-3-4-5-6-7-9-31-14(28)12(34-33-32-29)11-13(27)30-10-8-16(21,22)18(25,26)17(23,24)15(19)20;/h12,15,29H,2-11H2,1H3;/q;+1/p-1. The molecule has 0 saturated carbocycles. The van der Waals surface area contributed by atoms with Crippen LogP contribution >= 0.6 is 12.0 Å². The van der Waals surface area contributed by atoms with Crippen molar-refractivity contribution >= 4 is 24.0 Å². The maximum absolute atomic E-state index is 13.4. The Morgan fingerprint density at radius 3 is 2.03 bits per heavy atom. The summed E-state index contributed by atoms with van der Waals surface area (Å²) in [5.74, 6) is -20.9. The normalized spacial score (nSPS) is 13.3. The number of unbranched alkanes of at least 4 members (excludes halogenated alkanes) is 5. The number of hydrogen-bond donors (Lipinski definition) is 0. The molecule has 0 heterocycles. The summed E-state index contributed by atoms with van der Waals surface area (Å²) in [6, 6.07) is 0. The number of ether oxygens (including phenoxy) is 2. The van der Waals surface area contributed by atoms with Crippen LogP contribution in [0.3, 0.4) is 0 Å². The third-order valence-corrected chi connectivity index (χ3v) is 5.10. The summed E-state index contributed by atoms with van der Waals surface area (Å²) in [6.07, 6.45) is -3.03. The largest absolute Gasteiger partial charge is 1.00 e. The van der Waals surface area contributed by atoms with Gasteiger partial charge in [0.2, 0.25) is 0 Å². The molecular formula is C18H25F8NaO7S. The molecule has 0 fully saturated rings. The van der Waals surface area contributed by atoms with E-state index in [0.29, 0.717) is 6.42 Å². The molecule has 0 aromatic carbocycles. The first kappa shape index (κ1) is 36.8. The molecule has 0 amide bonds. The van der Waals surface area contributed by atoms with Crippen LogP contribution < -0.4 is 34.8 Å². The average molecular weight is 560 g/mol. The summed E-state index contributed by atoms with van der Waals surface area (Å²) in [4.78, 5) is 23.7. The molecule has 17 heteroatoms. The molecule has 1 unspecified atom stereocenters. The number of halogens is 8. The van der Waals surface area contributed by atoms with Crippen molar-refractivity contribution in [1.29, 1.82) is 0 Å². The van der Waals surface area contributed by atoms with E-state index in [4.69, 9.17) is 4.74 Å². The minimum absolute atomic E-state index is 0. The van der Waals surface area contributed by atoms with Gasteiger partial charge in [-0.25, -0.2) is 8.78 Å². The van der Waals surface area contributed by atoms with Gasteiger partial charge < -0.3 is 14.7 Å². The Hall–Kier alpha value is -0.390. The maximum atomic E-state index is 13.4. The first-order valence-electron chi connectivity index (χ1n) is 10.1. The molecule has 0 aliphatic heterocycles. The molecule has 0 rings (SSSR count). The second-order valence-corrected chi connectivity index (χ2v) is 7.93. The van der Waals surface area contributed by atoms with Gasteiger partial charge in [0, 0.05) is 12.0 Å². The minimum atomic E-state index is -6.43. The second-order valence-electron chi connectivity index (χ2n) is 7.03. The number of hydrogen-bond acceptors (Lipinski definition) is 8. The van der Waals surface area contributed by atoms with Gasteiger partial charge in [-0.05, 0) is 6.42 Å². The smallest absolute Gasteiger partial charge is 0.691 e. The summed E-state index contributed by atoms with van der Waals surface area (Å²) in [5.41, 5.74) is 0. The van der Waals surface area contributed by atoms with E-state index in [2.05, 4.69) is 14.1 Å². The number of alkyl halides is 8. The Kier molecular flexibility index (Phi) is 18.9. The van der Waals surface area contributed by atoms with Gasteiger partial charge in [-0.15, -0.1) is 0 Å². The molecule has 0 aliphatic carbocycles. The fourth-order valence-corrected chi connectivity index (χ4v) is 2.89. The van der Waals surface area contributed by atoms with E-state index in [1.54, 1.807) is 0 Å². The summed E-state index contributed by atoms with van der Waals surface area (Å²) < 4.78 is 116. The van der Waals surface area contributed by atoms with Gasteiger partial charge in [0.1, 0.15) is 5.25 Å². The molecule has 0 aromatic rings. The molecule has 0 N–H and O–H groups in total. The molecular weight excluding hydrogens is 535 g/mol. The van der Waals surface area contributed by atoms with E-state index in [1.165, 1.54) is 0 Å². The quantitative estimate of drug-likeness (QED) is 0.0448. The van der Waals surface area contributed by atoms with Crippen LogP contribution in [-0.4, -0.2) is 54.6 Å². The van der Waals surface area contributed by atoms with Crippen LogP contribution in [0.15, 0.2) is 0 Å². The molecule has 7 nitrogen and oxygen atoms in total. The number of carbonyl (C=O) groups is 2. The number of rotatable bonds is 19. The molecule has 1 atom stereocenters. The van der Waals surface area contributed by atoms with E-state index < -0.39 is 60.8 Å². The molecule has 35 heavy (non-hydrogen) atoms. The first-order chi connectivity index (χ1) is 15.7. The van der Waals surface area contributed by atoms with Gasteiger partial charge in [-0.1, -0.05) is 39.0 Å². The fraction of sp³-hybridized carbons (Fsp3) is 0.889. The Bertz CT molecular complexity index is 617. The van der Waals surface area contributed by atoms with Crippen molar-refractivity contribution in [3.8, 4) is 0 Å². The Balaban J connectivity index is 0. The molecule has 202 valence electrons. The van der Waals surface area contributed by atoms with Gasteiger partial charge in [0.25, 0.3) is 0 Å². The van der Waals surface area contributed by atoms with Gasteiger partial charge in [-0.3, -0.25) is 14.6 Å². The zero-order valence-electron chi connectivity index (χ0n) is 19.0. The maximum Gasteiger partial charge on any atom is 1.00 e. The van der Waals surface area contributed by atoms with Crippen LogP contribution in [0.1, 0.15) is 58.3 Å². The summed E-state index contributed by atoms with van der Waals surface area (Å²) in [6.45, 7) is 0.420. The van der Waals surface area contributed by atoms with Crippen LogP contribution in [0, 0.1) is 0 Å². The van der Waals surface area contributed by atoms with E-state index in [1.807, 2.05) is 6.92 Å². The zero-order chi connectivity index (χ0) is 26.4. The van der Waals surface area contributed by atoms with Gasteiger partial charge >= 0.3 is 65.7 Å². The number of carbonyl (C=O) groups excluding carboxylic acids is 2. The first-order valence-corrected chi connectivity index (χ1v) is 10.9. The Labute approximate surface area is 222 Å². The zero-order valence-corrected chi connectivity index (χ0v) is 21.8. The third-order valence-electron chi connectivity index (χ3n) is 4.37. The molecule has 0 saturated heterocycles. The molecule has 0 spiro atoms.